The number of amides is 2. The van der Waals surface area contributed by atoms with Crippen molar-refractivity contribution in [2.75, 3.05) is 17.7 Å². The van der Waals surface area contributed by atoms with Gasteiger partial charge >= 0.3 is 6.03 Å². The van der Waals surface area contributed by atoms with Crippen LogP contribution in [-0.4, -0.2) is 18.1 Å². The predicted molar refractivity (Wildman–Crippen MR) is 90.3 cm³/mol. The molecule has 2 aromatic carbocycles. The summed E-state index contributed by atoms with van der Waals surface area (Å²) >= 11 is 7.26. The van der Waals surface area contributed by atoms with Gasteiger partial charge in [0, 0.05) is 10.7 Å². The van der Waals surface area contributed by atoms with Crippen LogP contribution in [0.15, 0.2) is 42.5 Å². The van der Waals surface area contributed by atoms with Gasteiger partial charge in [0.1, 0.15) is 11.3 Å². The first-order valence-corrected chi connectivity index (χ1v) is 7.62. The highest BCUT2D eigenvalue weighted by Crippen LogP contribution is 2.32. The summed E-state index contributed by atoms with van der Waals surface area (Å²) in [7, 11) is 1.59. The summed E-state index contributed by atoms with van der Waals surface area (Å²) in [5, 5.41) is 6.47. The highest BCUT2D eigenvalue weighted by molar-refractivity contribution is 7.22. The third-order valence-corrected chi connectivity index (χ3v) is 4.08. The lowest BCUT2D eigenvalue weighted by atomic mass is 10.3. The third-order valence-electron chi connectivity index (χ3n) is 2.90. The molecule has 0 aliphatic heterocycles. The molecule has 2 amide bonds. The van der Waals surface area contributed by atoms with Crippen molar-refractivity contribution in [2.45, 2.75) is 0 Å². The van der Waals surface area contributed by atoms with Crippen LogP contribution in [0, 0.1) is 0 Å². The van der Waals surface area contributed by atoms with Crippen molar-refractivity contribution < 1.29 is 9.53 Å². The molecule has 0 radical (unpaired) electrons. The molecule has 22 heavy (non-hydrogen) atoms. The van der Waals surface area contributed by atoms with E-state index in [4.69, 9.17) is 16.3 Å². The molecule has 7 heteroatoms. The zero-order chi connectivity index (χ0) is 15.5. The van der Waals surface area contributed by atoms with Crippen molar-refractivity contribution in [3.8, 4) is 5.75 Å². The number of halogens is 1. The second-order valence-corrected chi connectivity index (χ2v) is 5.88. The van der Waals surface area contributed by atoms with Crippen LogP contribution in [0.25, 0.3) is 10.2 Å². The molecule has 0 aliphatic carbocycles. The maximum atomic E-state index is 12.0. The standard InChI is InChI=1S/C15H12ClN3O2S/c1-21-11-6-3-7-12-13(11)18-15(22-12)19-14(20)17-10-5-2-4-9(16)8-10/h2-8H,1H3,(H2,17,18,19,20). The number of rotatable bonds is 3. The number of nitrogens with one attached hydrogen (secondary N) is 2. The maximum Gasteiger partial charge on any atom is 0.325 e. The number of carbonyl (C=O) groups excluding carboxylic acids is 1. The number of fused-ring (bicyclic) bond motifs is 1. The molecule has 0 spiro atoms. The molecular weight excluding hydrogens is 322 g/mol. The van der Waals surface area contributed by atoms with Crippen molar-refractivity contribution in [3.05, 3.63) is 47.5 Å². The lowest BCUT2D eigenvalue weighted by Crippen LogP contribution is -2.19. The quantitative estimate of drug-likeness (QED) is 0.736. The summed E-state index contributed by atoms with van der Waals surface area (Å²) in [6.07, 6.45) is 0. The highest BCUT2D eigenvalue weighted by atomic mass is 35.5. The van der Waals surface area contributed by atoms with Crippen molar-refractivity contribution in [3.63, 3.8) is 0 Å². The van der Waals surface area contributed by atoms with Gasteiger partial charge < -0.3 is 10.1 Å². The van der Waals surface area contributed by atoms with Gasteiger partial charge in [0.15, 0.2) is 5.13 Å². The van der Waals surface area contributed by atoms with E-state index in [1.807, 2.05) is 18.2 Å². The molecule has 0 fully saturated rings. The molecule has 0 aliphatic rings. The molecule has 0 saturated heterocycles. The minimum atomic E-state index is -0.375. The molecule has 1 heterocycles. The van der Waals surface area contributed by atoms with E-state index in [1.54, 1.807) is 31.4 Å². The van der Waals surface area contributed by atoms with E-state index in [-0.39, 0.29) is 6.03 Å². The van der Waals surface area contributed by atoms with E-state index in [0.717, 1.165) is 10.2 Å². The largest absolute Gasteiger partial charge is 0.494 e. The first-order valence-electron chi connectivity index (χ1n) is 6.43. The van der Waals surface area contributed by atoms with Crippen molar-refractivity contribution >= 4 is 50.0 Å². The van der Waals surface area contributed by atoms with Crippen molar-refractivity contribution in [1.82, 2.24) is 4.98 Å². The number of anilines is 2. The number of nitrogens with zero attached hydrogens (tertiary/aromatic N) is 1. The predicted octanol–water partition coefficient (Wildman–Crippen LogP) is 4.60. The first-order chi connectivity index (χ1) is 10.7. The number of hydrogen-bond donors (Lipinski definition) is 2. The Bertz CT molecular complexity index is 835. The highest BCUT2D eigenvalue weighted by Gasteiger charge is 2.11. The van der Waals surface area contributed by atoms with Crippen molar-refractivity contribution in [2.24, 2.45) is 0 Å². The number of hydrogen-bond acceptors (Lipinski definition) is 4. The number of carbonyl (C=O) groups is 1. The van der Waals surface area contributed by atoms with Gasteiger partial charge in [-0.15, -0.1) is 0 Å². The van der Waals surface area contributed by atoms with E-state index in [1.165, 1.54) is 11.3 Å². The van der Waals surface area contributed by atoms with Gasteiger partial charge in [-0.3, -0.25) is 5.32 Å². The fourth-order valence-electron chi connectivity index (χ4n) is 1.97. The summed E-state index contributed by atoms with van der Waals surface area (Å²) < 4.78 is 6.20. The number of ether oxygens (including phenoxy) is 1. The Morgan fingerprint density at radius 1 is 1.23 bits per heavy atom. The number of benzene rings is 2. The molecule has 2 N–H and O–H groups in total. The molecule has 1 aromatic heterocycles. The summed E-state index contributed by atoms with van der Waals surface area (Å²) in [5.74, 6) is 0.678. The normalized spacial score (nSPS) is 10.5. The maximum absolute atomic E-state index is 12.0. The van der Waals surface area contributed by atoms with Gasteiger partial charge in [0.25, 0.3) is 0 Å². The molecular formula is C15H12ClN3O2S. The number of aromatic nitrogens is 1. The minimum Gasteiger partial charge on any atom is -0.494 e. The fourth-order valence-corrected chi connectivity index (χ4v) is 3.04. The van der Waals surface area contributed by atoms with Gasteiger partial charge in [-0.05, 0) is 30.3 Å². The summed E-state index contributed by atoms with van der Waals surface area (Å²) in [6, 6.07) is 12.2. The second-order valence-electron chi connectivity index (χ2n) is 4.42. The fraction of sp³-hybridized carbons (Fsp3) is 0.0667. The van der Waals surface area contributed by atoms with E-state index >= 15 is 0 Å². The zero-order valence-corrected chi connectivity index (χ0v) is 13.2. The van der Waals surface area contributed by atoms with Crippen LogP contribution in [0.3, 0.4) is 0 Å². The Morgan fingerprint density at radius 3 is 2.82 bits per heavy atom. The van der Waals surface area contributed by atoms with E-state index in [0.29, 0.717) is 21.6 Å². The van der Waals surface area contributed by atoms with Gasteiger partial charge in [-0.1, -0.05) is 35.1 Å². The van der Waals surface area contributed by atoms with Crippen molar-refractivity contribution in [1.29, 1.82) is 0 Å². The Morgan fingerprint density at radius 2 is 2.05 bits per heavy atom. The first kappa shape index (κ1) is 14.6. The van der Waals surface area contributed by atoms with Crippen LogP contribution in [0.2, 0.25) is 5.02 Å². The molecule has 0 atom stereocenters. The lowest BCUT2D eigenvalue weighted by Gasteiger charge is -2.05. The Balaban J connectivity index is 1.76. The zero-order valence-electron chi connectivity index (χ0n) is 11.6. The summed E-state index contributed by atoms with van der Waals surface area (Å²) in [6.45, 7) is 0. The lowest BCUT2D eigenvalue weighted by molar-refractivity contribution is 0.262. The van der Waals surface area contributed by atoms with E-state index < -0.39 is 0 Å². The van der Waals surface area contributed by atoms with Crippen LogP contribution in [0.1, 0.15) is 0 Å². The second kappa shape index (κ2) is 6.21. The molecule has 112 valence electrons. The van der Waals surface area contributed by atoms with Gasteiger partial charge in [-0.25, -0.2) is 9.78 Å². The molecule has 3 rings (SSSR count). The molecule has 0 bridgehead atoms. The molecule has 5 nitrogen and oxygen atoms in total. The Kier molecular flexibility index (Phi) is 4.13. The van der Waals surface area contributed by atoms with Crippen LogP contribution < -0.4 is 15.4 Å². The smallest absolute Gasteiger partial charge is 0.325 e. The summed E-state index contributed by atoms with van der Waals surface area (Å²) in [5.41, 5.74) is 1.34. The molecule has 0 saturated carbocycles. The monoisotopic (exact) mass is 333 g/mol. The van der Waals surface area contributed by atoms with E-state index in [9.17, 15) is 4.79 Å². The van der Waals surface area contributed by atoms with Gasteiger partial charge in [0.05, 0.1) is 11.8 Å². The SMILES string of the molecule is COc1cccc2sc(NC(=O)Nc3cccc(Cl)c3)nc12. The average molecular weight is 334 g/mol. The topological polar surface area (TPSA) is 63.2 Å². The van der Waals surface area contributed by atoms with Crippen LogP contribution in [0.4, 0.5) is 15.6 Å². The average Bonchev–Trinajstić information content (AvgIpc) is 2.89. The molecule has 3 aromatic rings. The number of urea groups is 1. The van der Waals surface area contributed by atoms with Gasteiger partial charge in [0.2, 0.25) is 0 Å². The minimum absolute atomic E-state index is 0.375. The number of para-hydroxylation sites is 1. The number of methoxy groups -OCH3 is 1. The Labute approximate surface area is 135 Å². The Hall–Kier alpha value is -2.31. The summed E-state index contributed by atoms with van der Waals surface area (Å²) in [4.78, 5) is 16.4. The third kappa shape index (κ3) is 3.13. The molecule has 0 unspecified atom stereocenters. The van der Waals surface area contributed by atoms with E-state index in [2.05, 4.69) is 15.6 Å². The van der Waals surface area contributed by atoms with Crippen LogP contribution in [-0.2, 0) is 0 Å². The number of thiazole rings is 1. The van der Waals surface area contributed by atoms with Crippen LogP contribution >= 0.6 is 22.9 Å². The van der Waals surface area contributed by atoms with Crippen LogP contribution in [0.5, 0.6) is 5.75 Å². The van der Waals surface area contributed by atoms with Gasteiger partial charge in [-0.2, -0.15) is 0 Å².